The number of esters is 1. The lowest BCUT2D eigenvalue weighted by molar-refractivity contribution is 0.0598. The molecule has 5 nitrogen and oxygen atoms in total. The summed E-state index contributed by atoms with van der Waals surface area (Å²) in [6.45, 7) is 0. The molecule has 0 aliphatic heterocycles. The van der Waals surface area contributed by atoms with Gasteiger partial charge in [0.2, 0.25) is 0 Å². The minimum atomic E-state index is -0.497. The Balaban J connectivity index is 3.09. The van der Waals surface area contributed by atoms with E-state index in [1.165, 1.54) is 24.3 Å². The SMILES string of the molecule is COC(=O)c1cnc(C(=O)N(C)C)cc1Br. The van der Waals surface area contributed by atoms with E-state index in [0.29, 0.717) is 4.47 Å². The molecule has 0 aromatic carbocycles. The van der Waals surface area contributed by atoms with Crippen LogP contribution in [0.25, 0.3) is 0 Å². The summed E-state index contributed by atoms with van der Waals surface area (Å²) >= 11 is 3.19. The Kier molecular flexibility index (Phi) is 4.00. The number of halogens is 1. The van der Waals surface area contributed by atoms with Gasteiger partial charge in [0, 0.05) is 24.8 Å². The minimum absolute atomic E-state index is 0.225. The van der Waals surface area contributed by atoms with Gasteiger partial charge in [0.15, 0.2) is 0 Å². The maximum Gasteiger partial charge on any atom is 0.340 e. The first-order valence-electron chi connectivity index (χ1n) is 4.43. The van der Waals surface area contributed by atoms with Crippen LogP contribution in [0.4, 0.5) is 0 Å². The Hall–Kier alpha value is -1.43. The molecule has 0 spiro atoms. The van der Waals surface area contributed by atoms with Crippen LogP contribution in [-0.4, -0.2) is 43.0 Å². The lowest BCUT2D eigenvalue weighted by atomic mass is 10.2. The van der Waals surface area contributed by atoms with Crippen molar-refractivity contribution < 1.29 is 14.3 Å². The number of pyridine rings is 1. The Bertz CT molecular complexity index is 432. The van der Waals surface area contributed by atoms with Crippen molar-refractivity contribution in [3.05, 3.63) is 28.0 Å². The molecule has 0 atom stereocenters. The van der Waals surface area contributed by atoms with Gasteiger partial charge in [0.25, 0.3) is 5.91 Å². The highest BCUT2D eigenvalue weighted by Gasteiger charge is 2.15. The summed E-state index contributed by atoms with van der Waals surface area (Å²) in [7, 11) is 4.55. The van der Waals surface area contributed by atoms with Crippen molar-refractivity contribution in [3.63, 3.8) is 0 Å². The molecule has 1 aromatic heterocycles. The third kappa shape index (κ3) is 2.57. The van der Waals surface area contributed by atoms with E-state index in [-0.39, 0.29) is 17.2 Å². The van der Waals surface area contributed by atoms with E-state index >= 15 is 0 Å². The highest BCUT2D eigenvalue weighted by Crippen LogP contribution is 2.18. The zero-order valence-corrected chi connectivity index (χ0v) is 10.7. The van der Waals surface area contributed by atoms with Gasteiger partial charge in [-0.05, 0) is 22.0 Å². The number of rotatable bonds is 2. The Morgan fingerprint density at radius 2 is 2.06 bits per heavy atom. The number of hydrogen-bond donors (Lipinski definition) is 0. The number of nitrogens with zero attached hydrogens (tertiary/aromatic N) is 2. The van der Waals surface area contributed by atoms with Crippen molar-refractivity contribution in [2.24, 2.45) is 0 Å². The van der Waals surface area contributed by atoms with Gasteiger partial charge in [-0.25, -0.2) is 4.79 Å². The molecule has 0 saturated heterocycles. The first-order chi connectivity index (χ1) is 7.47. The Morgan fingerprint density at radius 3 is 2.50 bits per heavy atom. The summed E-state index contributed by atoms with van der Waals surface area (Å²) < 4.78 is 5.05. The smallest absolute Gasteiger partial charge is 0.340 e. The average Bonchev–Trinajstić information content (AvgIpc) is 2.26. The van der Waals surface area contributed by atoms with E-state index < -0.39 is 5.97 Å². The van der Waals surface area contributed by atoms with Crippen molar-refractivity contribution in [1.82, 2.24) is 9.88 Å². The average molecular weight is 287 g/mol. The highest BCUT2D eigenvalue weighted by molar-refractivity contribution is 9.10. The monoisotopic (exact) mass is 286 g/mol. The van der Waals surface area contributed by atoms with Crippen molar-refractivity contribution in [2.45, 2.75) is 0 Å². The predicted octanol–water partition coefficient (Wildman–Crippen LogP) is 1.33. The zero-order valence-electron chi connectivity index (χ0n) is 9.15. The molecule has 0 aliphatic rings. The summed E-state index contributed by atoms with van der Waals surface area (Å²) in [5.74, 6) is -0.722. The van der Waals surface area contributed by atoms with Crippen LogP contribution in [0.5, 0.6) is 0 Å². The summed E-state index contributed by atoms with van der Waals surface area (Å²) in [5, 5.41) is 0. The molecule has 0 N–H and O–H groups in total. The number of carbonyl (C=O) groups is 2. The third-order valence-corrected chi connectivity index (χ3v) is 2.54. The fraction of sp³-hybridized carbons (Fsp3) is 0.300. The predicted molar refractivity (Wildman–Crippen MR) is 61.3 cm³/mol. The van der Waals surface area contributed by atoms with Crippen LogP contribution in [0.1, 0.15) is 20.8 Å². The summed E-state index contributed by atoms with van der Waals surface area (Å²) in [6.07, 6.45) is 1.31. The quantitative estimate of drug-likeness (QED) is 0.770. The second-order valence-corrected chi connectivity index (χ2v) is 4.09. The van der Waals surface area contributed by atoms with E-state index in [9.17, 15) is 9.59 Å². The molecule has 0 saturated carbocycles. The standard InChI is InChI=1S/C10H11BrN2O3/c1-13(2)9(14)8-4-7(11)6(5-12-8)10(15)16-3/h4-5H,1-3H3. The van der Waals surface area contributed by atoms with Crippen LogP contribution in [-0.2, 0) is 4.74 Å². The molecule has 0 radical (unpaired) electrons. The fourth-order valence-electron chi connectivity index (χ4n) is 1.04. The van der Waals surface area contributed by atoms with E-state index in [2.05, 4.69) is 25.7 Å². The first-order valence-corrected chi connectivity index (χ1v) is 5.22. The molecule has 16 heavy (non-hydrogen) atoms. The van der Waals surface area contributed by atoms with Gasteiger partial charge in [0.05, 0.1) is 12.7 Å². The van der Waals surface area contributed by atoms with Gasteiger partial charge in [-0.2, -0.15) is 0 Å². The van der Waals surface area contributed by atoms with E-state index in [4.69, 9.17) is 0 Å². The molecule has 0 fully saturated rings. The molecule has 0 aliphatic carbocycles. The molecular weight excluding hydrogens is 276 g/mol. The molecule has 86 valence electrons. The molecular formula is C10H11BrN2O3. The number of ether oxygens (including phenoxy) is 1. The molecule has 1 rings (SSSR count). The molecule has 1 aromatic rings. The third-order valence-electron chi connectivity index (χ3n) is 1.88. The summed E-state index contributed by atoms with van der Waals surface area (Å²) in [6, 6.07) is 1.49. The van der Waals surface area contributed by atoms with E-state index in [0.717, 1.165) is 0 Å². The number of carbonyl (C=O) groups excluding carboxylic acids is 2. The van der Waals surface area contributed by atoms with Gasteiger partial charge in [0.1, 0.15) is 5.69 Å². The number of methoxy groups -OCH3 is 1. The van der Waals surface area contributed by atoms with Crippen LogP contribution in [0, 0.1) is 0 Å². The molecule has 0 bridgehead atoms. The van der Waals surface area contributed by atoms with E-state index in [1.807, 2.05) is 0 Å². The minimum Gasteiger partial charge on any atom is -0.465 e. The topological polar surface area (TPSA) is 59.5 Å². The lowest BCUT2D eigenvalue weighted by Gasteiger charge is -2.10. The Morgan fingerprint density at radius 1 is 1.44 bits per heavy atom. The van der Waals surface area contributed by atoms with Gasteiger partial charge in [-0.1, -0.05) is 0 Å². The maximum atomic E-state index is 11.6. The van der Waals surface area contributed by atoms with Crippen molar-refractivity contribution >= 4 is 27.8 Å². The van der Waals surface area contributed by atoms with Gasteiger partial charge in [-0.3, -0.25) is 9.78 Å². The maximum absolute atomic E-state index is 11.6. The number of amides is 1. The largest absolute Gasteiger partial charge is 0.465 e. The molecule has 1 amide bonds. The summed E-state index contributed by atoms with van der Waals surface area (Å²) in [4.78, 5) is 28.2. The van der Waals surface area contributed by atoms with E-state index in [1.54, 1.807) is 14.1 Å². The van der Waals surface area contributed by atoms with Gasteiger partial charge in [-0.15, -0.1) is 0 Å². The Labute approximate surface area is 102 Å². The second kappa shape index (κ2) is 5.07. The number of hydrogen-bond acceptors (Lipinski definition) is 4. The second-order valence-electron chi connectivity index (χ2n) is 3.24. The van der Waals surface area contributed by atoms with Gasteiger partial charge < -0.3 is 9.64 Å². The van der Waals surface area contributed by atoms with Crippen LogP contribution in [0.2, 0.25) is 0 Å². The normalized spacial score (nSPS) is 9.75. The number of aromatic nitrogens is 1. The zero-order chi connectivity index (χ0) is 12.3. The first kappa shape index (κ1) is 12.6. The highest BCUT2D eigenvalue weighted by atomic mass is 79.9. The molecule has 0 unspecified atom stereocenters. The van der Waals surface area contributed by atoms with Crippen LogP contribution in [0.15, 0.2) is 16.7 Å². The van der Waals surface area contributed by atoms with Crippen LogP contribution in [0.3, 0.4) is 0 Å². The fourth-order valence-corrected chi connectivity index (χ4v) is 1.52. The van der Waals surface area contributed by atoms with Crippen molar-refractivity contribution in [1.29, 1.82) is 0 Å². The summed E-state index contributed by atoms with van der Waals surface area (Å²) in [5.41, 5.74) is 0.558. The van der Waals surface area contributed by atoms with Crippen LogP contribution >= 0.6 is 15.9 Å². The molecule has 1 heterocycles. The van der Waals surface area contributed by atoms with Crippen LogP contribution < -0.4 is 0 Å². The van der Waals surface area contributed by atoms with Crippen molar-refractivity contribution in [3.8, 4) is 0 Å². The lowest BCUT2D eigenvalue weighted by Crippen LogP contribution is -2.23. The van der Waals surface area contributed by atoms with Crippen molar-refractivity contribution in [2.75, 3.05) is 21.2 Å². The van der Waals surface area contributed by atoms with Gasteiger partial charge >= 0.3 is 5.97 Å². The molecule has 6 heteroatoms.